The van der Waals surface area contributed by atoms with Gasteiger partial charge in [0.25, 0.3) is 5.91 Å². The highest BCUT2D eigenvalue weighted by molar-refractivity contribution is 5.96. The van der Waals surface area contributed by atoms with Crippen molar-refractivity contribution in [1.29, 1.82) is 0 Å². The van der Waals surface area contributed by atoms with Crippen molar-refractivity contribution in [2.24, 2.45) is 0 Å². The van der Waals surface area contributed by atoms with Crippen molar-refractivity contribution in [1.82, 2.24) is 5.32 Å². The van der Waals surface area contributed by atoms with Crippen LogP contribution in [-0.4, -0.2) is 25.0 Å². The number of carbonyl (C=O) groups excluding carboxylic acids is 2. The zero-order valence-electron chi connectivity index (χ0n) is 16.9. The molecule has 0 spiro atoms. The number of carbonyl (C=O) groups is 2. The van der Waals surface area contributed by atoms with Gasteiger partial charge < -0.3 is 19.2 Å². The Morgan fingerprint density at radius 1 is 1.00 bits per heavy atom. The van der Waals surface area contributed by atoms with E-state index in [2.05, 4.69) is 12.2 Å². The van der Waals surface area contributed by atoms with Crippen LogP contribution in [0.2, 0.25) is 0 Å². The molecular weight excluding hydrogens is 386 g/mol. The summed E-state index contributed by atoms with van der Waals surface area (Å²) in [6.45, 7) is 4.18. The van der Waals surface area contributed by atoms with E-state index in [9.17, 15) is 14.4 Å². The lowest BCUT2D eigenvalue weighted by atomic mass is 10.1. The van der Waals surface area contributed by atoms with E-state index < -0.39 is 17.5 Å². The minimum atomic E-state index is -0.751. The molecule has 156 valence electrons. The molecule has 1 amide bonds. The van der Waals surface area contributed by atoms with Crippen molar-refractivity contribution >= 4 is 22.8 Å². The van der Waals surface area contributed by atoms with Gasteiger partial charge in [0, 0.05) is 18.0 Å². The monoisotopic (exact) mass is 409 g/mol. The zero-order chi connectivity index (χ0) is 21.5. The van der Waals surface area contributed by atoms with Gasteiger partial charge in [0.15, 0.2) is 6.61 Å². The number of aryl methyl sites for hydroxylation is 1. The van der Waals surface area contributed by atoms with Crippen LogP contribution in [0.4, 0.5) is 0 Å². The van der Waals surface area contributed by atoms with Crippen molar-refractivity contribution in [3.05, 3.63) is 70.1 Å². The van der Waals surface area contributed by atoms with E-state index in [-0.39, 0.29) is 23.5 Å². The molecule has 3 rings (SSSR count). The van der Waals surface area contributed by atoms with Gasteiger partial charge in [-0.25, -0.2) is 9.59 Å². The highest BCUT2D eigenvalue weighted by atomic mass is 16.6. The molecule has 0 fully saturated rings. The molecule has 0 saturated carbocycles. The Kier molecular flexibility index (Phi) is 6.85. The maximum absolute atomic E-state index is 12.1. The first-order valence-corrected chi connectivity index (χ1v) is 9.78. The number of hydrogen-bond acceptors (Lipinski definition) is 6. The Balaban J connectivity index is 1.66. The van der Waals surface area contributed by atoms with E-state index in [0.29, 0.717) is 17.7 Å². The van der Waals surface area contributed by atoms with E-state index in [4.69, 9.17) is 13.9 Å². The largest absolute Gasteiger partial charge is 0.482 e. The molecule has 1 heterocycles. The maximum atomic E-state index is 12.1. The van der Waals surface area contributed by atoms with Gasteiger partial charge in [-0.05, 0) is 48.7 Å². The minimum absolute atomic E-state index is 0.0665. The van der Waals surface area contributed by atoms with Crippen LogP contribution in [0.1, 0.15) is 36.2 Å². The molecule has 1 N–H and O–H groups in total. The van der Waals surface area contributed by atoms with Crippen molar-refractivity contribution in [3.63, 3.8) is 0 Å². The number of amides is 1. The van der Waals surface area contributed by atoms with Crippen LogP contribution in [-0.2, 0) is 11.2 Å². The third-order valence-corrected chi connectivity index (χ3v) is 4.41. The second kappa shape index (κ2) is 9.73. The first-order chi connectivity index (χ1) is 14.5. The summed E-state index contributed by atoms with van der Waals surface area (Å²) in [5.74, 6) is -0.287. The van der Waals surface area contributed by atoms with Crippen molar-refractivity contribution in [2.45, 2.75) is 26.7 Å². The van der Waals surface area contributed by atoms with E-state index in [1.807, 2.05) is 19.1 Å². The lowest BCUT2D eigenvalue weighted by molar-refractivity contribution is -0.136. The summed E-state index contributed by atoms with van der Waals surface area (Å²) in [5, 5.41) is 3.19. The van der Waals surface area contributed by atoms with Crippen molar-refractivity contribution in [3.8, 4) is 11.5 Å². The molecule has 0 radical (unpaired) electrons. The summed E-state index contributed by atoms with van der Waals surface area (Å²) in [4.78, 5) is 36.2. The Hall–Kier alpha value is -3.61. The van der Waals surface area contributed by atoms with E-state index in [0.717, 1.165) is 12.8 Å². The zero-order valence-corrected chi connectivity index (χ0v) is 16.9. The highest BCUT2D eigenvalue weighted by Gasteiger charge is 2.14. The van der Waals surface area contributed by atoms with E-state index in [1.54, 1.807) is 24.3 Å². The van der Waals surface area contributed by atoms with Gasteiger partial charge >= 0.3 is 11.6 Å². The molecule has 7 nitrogen and oxygen atoms in total. The van der Waals surface area contributed by atoms with Crippen LogP contribution in [0.25, 0.3) is 11.0 Å². The molecule has 0 aliphatic heterocycles. The predicted octanol–water partition coefficient (Wildman–Crippen LogP) is 3.48. The summed E-state index contributed by atoms with van der Waals surface area (Å²) < 4.78 is 15.9. The Bertz CT molecular complexity index is 1100. The van der Waals surface area contributed by atoms with Crippen molar-refractivity contribution in [2.75, 3.05) is 13.2 Å². The fraction of sp³-hybridized carbons (Fsp3) is 0.261. The summed E-state index contributed by atoms with van der Waals surface area (Å²) in [6.07, 6.45) is 1.68. The highest BCUT2D eigenvalue weighted by Crippen LogP contribution is 2.21. The Morgan fingerprint density at radius 2 is 1.73 bits per heavy atom. The smallest absolute Gasteiger partial charge is 0.349 e. The molecule has 1 aromatic heterocycles. The summed E-state index contributed by atoms with van der Waals surface area (Å²) in [7, 11) is 0. The standard InChI is InChI=1S/C23H23NO6/c1-3-11-24-22(26)19-12-16-7-10-18(13-20(16)30-23(19)27)29-21(25)14-28-17-8-5-15(4-2)6-9-17/h5-10,12-13H,3-4,11,14H2,1-2H3,(H,24,26). The number of fused-ring (bicyclic) bond motifs is 1. The number of ether oxygens (including phenoxy) is 2. The van der Waals surface area contributed by atoms with Gasteiger partial charge in [-0.3, -0.25) is 4.79 Å². The second-order valence-corrected chi connectivity index (χ2v) is 6.66. The number of hydrogen-bond donors (Lipinski definition) is 1. The third kappa shape index (κ3) is 5.26. The van der Waals surface area contributed by atoms with Gasteiger partial charge in [0.05, 0.1) is 0 Å². The number of esters is 1. The molecule has 0 aliphatic rings. The lowest BCUT2D eigenvalue weighted by Gasteiger charge is -2.08. The van der Waals surface area contributed by atoms with Crippen LogP contribution >= 0.6 is 0 Å². The molecule has 7 heteroatoms. The summed E-state index contributed by atoms with van der Waals surface area (Å²) >= 11 is 0. The summed E-state index contributed by atoms with van der Waals surface area (Å²) in [6, 6.07) is 13.5. The average molecular weight is 409 g/mol. The Morgan fingerprint density at radius 3 is 2.43 bits per heavy atom. The van der Waals surface area contributed by atoms with Gasteiger partial charge in [-0.1, -0.05) is 26.0 Å². The maximum Gasteiger partial charge on any atom is 0.349 e. The molecule has 0 bridgehead atoms. The van der Waals surface area contributed by atoms with E-state index >= 15 is 0 Å². The molecule has 3 aromatic rings. The number of nitrogens with one attached hydrogen (secondary N) is 1. The lowest BCUT2D eigenvalue weighted by Crippen LogP contribution is -2.28. The molecule has 0 aliphatic carbocycles. The predicted molar refractivity (Wildman–Crippen MR) is 112 cm³/mol. The quantitative estimate of drug-likeness (QED) is 0.348. The Labute approximate surface area is 173 Å². The van der Waals surface area contributed by atoms with Gasteiger partial charge in [0.2, 0.25) is 0 Å². The fourth-order valence-corrected chi connectivity index (χ4v) is 2.77. The molecule has 30 heavy (non-hydrogen) atoms. The molecule has 2 aromatic carbocycles. The molecule has 0 atom stereocenters. The minimum Gasteiger partial charge on any atom is -0.482 e. The van der Waals surface area contributed by atoms with E-state index in [1.165, 1.54) is 17.7 Å². The van der Waals surface area contributed by atoms with Crippen molar-refractivity contribution < 1.29 is 23.5 Å². The summed E-state index contributed by atoms with van der Waals surface area (Å²) in [5.41, 5.74) is 0.573. The number of rotatable bonds is 8. The van der Waals surface area contributed by atoms with Crippen LogP contribution in [0.3, 0.4) is 0 Å². The number of benzene rings is 2. The normalized spacial score (nSPS) is 10.6. The fourth-order valence-electron chi connectivity index (χ4n) is 2.77. The van der Waals surface area contributed by atoms with Crippen LogP contribution in [0.15, 0.2) is 57.7 Å². The van der Waals surface area contributed by atoms with Crippen LogP contribution in [0, 0.1) is 0 Å². The van der Waals surface area contributed by atoms with Gasteiger partial charge in [-0.15, -0.1) is 0 Å². The molecule has 0 saturated heterocycles. The first kappa shape index (κ1) is 21.1. The average Bonchev–Trinajstić information content (AvgIpc) is 2.75. The SMILES string of the molecule is CCCNC(=O)c1cc2ccc(OC(=O)COc3ccc(CC)cc3)cc2oc1=O. The van der Waals surface area contributed by atoms with Crippen LogP contribution < -0.4 is 20.4 Å². The van der Waals surface area contributed by atoms with Crippen LogP contribution in [0.5, 0.6) is 11.5 Å². The molecular formula is C23H23NO6. The second-order valence-electron chi connectivity index (χ2n) is 6.66. The molecule has 0 unspecified atom stereocenters. The topological polar surface area (TPSA) is 94.8 Å². The third-order valence-electron chi connectivity index (χ3n) is 4.41. The van der Waals surface area contributed by atoms with Gasteiger partial charge in [-0.2, -0.15) is 0 Å². The first-order valence-electron chi connectivity index (χ1n) is 9.78. The van der Waals surface area contributed by atoms with Gasteiger partial charge in [0.1, 0.15) is 22.6 Å².